The van der Waals surface area contributed by atoms with E-state index in [0.29, 0.717) is 36.7 Å². The van der Waals surface area contributed by atoms with Crippen LogP contribution in [0.5, 0.6) is 0 Å². The number of imide groups is 1. The number of carbonyl (C=O) groups excluding carboxylic acids is 3. The molecule has 5 aliphatic rings. The number of anilines is 2. The highest BCUT2D eigenvalue weighted by atomic mass is 19.3. The highest BCUT2D eigenvalue weighted by Crippen LogP contribution is 2.36. The first-order valence-corrected chi connectivity index (χ1v) is 22.4. The molecule has 8 heterocycles. The molecule has 1 aliphatic carbocycles. The summed E-state index contributed by atoms with van der Waals surface area (Å²) in [6, 6.07) is 7.14. The molecule has 334 valence electrons. The first-order valence-electron chi connectivity index (χ1n) is 22.4. The Morgan fingerprint density at radius 1 is 1.05 bits per heavy atom. The fourth-order valence-electron chi connectivity index (χ4n) is 10.6. The van der Waals surface area contributed by atoms with E-state index in [0.717, 1.165) is 101 Å². The lowest BCUT2D eigenvalue weighted by Gasteiger charge is -2.36. The predicted octanol–water partition coefficient (Wildman–Crippen LogP) is 4.57. The van der Waals surface area contributed by atoms with Crippen molar-refractivity contribution in [3.63, 3.8) is 0 Å². The van der Waals surface area contributed by atoms with Gasteiger partial charge in [0.05, 0.1) is 53.8 Å². The number of para-hydroxylation sites is 1. The van der Waals surface area contributed by atoms with Gasteiger partial charge in [-0.25, -0.2) is 23.1 Å². The predicted molar refractivity (Wildman–Crippen MR) is 227 cm³/mol. The molecule has 2 N–H and O–H groups in total. The first kappa shape index (κ1) is 41.5. The van der Waals surface area contributed by atoms with E-state index in [4.69, 9.17) is 14.5 Å². The fourth-order valence-corrected chi connectivity index (χ4v) is 10.6. The Bertz CT molecular complexity index is 2590. The van der Waals surface area contributed by atoms with Gasteiger partial charge < -0.3 is 24.6 Å². The smallest absolute Gasteiger partial charge is 0.329 e. The van der Waals surface area contributed by atoms with Gasteiger partial charge in [-0.1, -0.05) is 12.1 Å². The minimum Gasteiger partial charge on any atom is -0.378 e. The molecule has 1 saturated carbocycles. The second-order valence-corrected chi connectivity index (χ2v) is 17.9. The summed E-state index contributed by atoms with van der Waals surface area (Å²) in [6.07, 6.45) is 10.6. The van der Waals surface area contributed by atoms with Crippen molar-refractivity contribution in [1.82, 2.24) is 43.7 Å². The molecule has 63 heavy (non-hydrogen) atoms. The number of aromatic nitrogens is 7. The summed E-state index contributed by atoms with van der Waals surface area (Å²) in [7, 11) is 1.72. The number of hydrogen-bond acceptors (Lipinski definition) is 11. The van der Waals surface area contributed by atoms with Crippen LogP contribution in [0.15, 0.2) is 47.7 Å². The molecule has 5 fully saturated rings. The molecule has 3 amide bonds. The van der Waals surface area contributed by atoms with E-state index in [1.807, 2.05) is 24.3 Å². The van der Waals surface area contributed by atoms with Crippen molar-refractivity contribution in [3.05, 3.63) is 70.2 Å². The van der Waals surface area contributed by atoms with Crippen molar-refractivity contribution in [2.45, 2.75) is 107 Å². The maximum absolute atomic E-state index is 14.3. The zero-order valence-electron chi connectivity index (χ0n) is 35.3. The van der Waals surface area contributed by atoms with Gasteiger partial charge in [-0.05, 0) is 87.8 Å². The molecule has 0 radical (unpaired) electrons. The number of ether oxygens (including phenoxy) is 2. The first-order chi connectivity index (χ1) is 30.6. The van der Waals surface area contributed by atoms with E-state index < -0.39 is 30.0 Å². The Morgan fingerprint density at radius 2 is 1.87 bits per heavy atom. The second kappa shape index (κ2) is 17.2. The molecule has 4 saturated heterocycles. The number of benzene rings is 1. The highest BCUT2D eigenvalue weighted by molar-refractivity contribution is 6.08. The molecule has 0 spiro atoms. The zero-order chi connectivity index (χ0) is 43.4. The number of alkyl halides is 2. The minimum atomic E-state index is -2.86. The van der Waals surface area contributed by atoms with Gasteiger partial charge in [0.1, 0.15) is 17.4 Å². The molecular formula is C44H53F2N11O6. The van der Waals surface area contributed by atoms with Gasteiger partial charge in [0, 0.05) is 58.6 Å². The molecule has 3 atom stereocenters. The summed E-state index contributed by atoms with van der Waals surface area (Å²) in [6.45, 7) is 4.89. The molecule has 19 heteroatoms. The maximum Gasteiger partial charge on any atom is 0.329 e. The van der Waals surface area contributed by atoms with Crippen LogP contribution in [0, 0.1) is 5.92 Å². The highest BCUT2D eigenvalue weighted by Gasteiger charge is 2.40. The Hall–Kier alpha value is -5.53. The molecule has 1 aromatic carbocycles. The van der Waals surface area contributed by atoms with Crippen LogP contribution in [0.3, 0.4) is 0 Å². The minimum absolute atomic E-state index is 0.00208. The van der Waals surface area contributed by atoms with Gasteiger partial charge in [-0.15, -0.1) is 0 Å². The number of nitrogens with zero attached hydrogens (tertiary/aromatic N) is 9. The van der Waals surface area contributed by atoms with Crippen molar-refractivity contribution < 1.29 is 32.6 Å². The van der Waals surface area contributed by atoms with Gasteiger partial charge in [0.2, 0.25) is 11.8 Å². The van der Waals surface area contributed by atoms with E-state index in [9.17, 15) is 28.0 Å². The quantitative estimate of drug-likeness (QED) is 0.125. The van der Waals surface area contributed by atoms with Crippen molar-refractivity contribution >= 4 is 45.9 Å². The molecule has 10 rings (SSSR count). The molecule has 4 aromatic heterocycles. The summed E-state index contributed by atoms with van der Waals surface area (Å²) >= 11 is 0. The number of hydrogen-bond donors (Lipinski definition) is 2. The number of aryl methyl sites for hydroxylation is 2. The number of carbonyl (C=O) groups is 3. The number of rotatable bonds is 13. The third kappa shape index (κ3) is 8.14. The number of nitrogens with one attached hydrogen (secondary N) is 2. The molecular weight excluding hydrogens is 817 g/mol. The van der Waals surface area contributed by atoms with E-state index >= 15 is 0 Å². The largest absolute Gasteiger partial charge is 0.378 e. The Morgan fingerprint density at radius 3 is 2.62 bits per heavy atom. The van der Waals surface area contributed by atoms with E-state index in [-0.39, 0.29) is 53.6 Å². The maximum atomic E-state index is 14.3. The molecule has 17 nitrogen and oxygen atoms in total. The number of morpholine rings is 1. The summed E-state index contributed by atoms with van der Waals surface area (Å²) in [4.78, 5) is 60.6. The standard InChI is InChI=1S/C44H53F2N11O6/c1-52-39-27(4-2-6-34(39)57(44(52)61)35-11-12-37(58)50-43(35)60)5-3-19-62-30-13-16-53(17-14-30)22-26-7-9-28(10-8-26)56-24-33(38(51-56)40(45)46)48-42(59)32-21-47-55-18-15-36(49-41(32)55)54-23-31-20-29(54)25-63-31/h2,4,6,15,18,21,24,26,28-31,35,40H,3,5,7-14,16-17,19-20,22-23,25H2,1H3,(H,48,59)(H,50,58,60)/t26?,28?,29-,31-,35?/m1/s1. The Balaban J connectivity index is 0.682. The van der Waals surface area contributed by atoms with Crippen molar-refractivity contribution in [1.29, 1.82) is 0 Å². The second-order valence-electron chi connectivity index (χ2n) is 17.9. The van der Waals surface area contributed by atoms with Crippen LogP contribution in [0.1, 0.15) is 104 Å². The average Bonchev–Trinajstić information content (AvgIpc) is 4.13. The summed E-state index contributed by atoms with van der Waals surface area (Å²) in [5, 5.41) is 13.6. The van der Waals surface area contributed by atoms with E-state index in [1.165, 1.54) is 15.3 Å². The van der Waals surface area contributed by atoms with Gasteiger partial charge >= 0.3 is 5.69 Å². The van der Waals surface area contributed by atoms with Crippen LogP contribution in [-0.4, -0.2) is 114 Å². The zero-order valence-corrected chi connectivity index (χ0v) is 35.3. The van der Waals surface area contributed by atoms with Gasteiger partial charge in [0.15, 0.2) is 11.3 Å². The van der Waals surface area contributed by atoms with E-state index in [2.05, 4.69) is 30.6 Å². The van der Waals surface area contributed by atoms with Crippen molar-refractivity contribution in [2.24, 2.45) is 13.0 Å². The number of halogens is 2. The number of piperidine rings is 2. The summed E-state index contributed by atoms with van der Waals surface area (Å²) < 4.78 is 46.9. The van der Waals surface area contributed by atoms with Crippen LogP contribution < -0.4 is 21.2 Å². The SMILES string of the molecule is Cn1c(=O)n(C2CCC(=O)NC2=O)c2cccc(CCCOC3CCN(CC4CCC(n5cc(NC(=O)c6cnn7ccc(N8C[C@H]9C[C@@H]8CO9)nc67)c(C(F)F)n5)CC4)CC3)c21. The van der Waals surface area contributed by atoms with Gasteiger partial charge in [-0.2, -0.15) is 10.2 Å². The van der Waals surface area contributed by atoms with Crippen LogP contribution >= 0.6 is 0 Å². The molecule has 4 aliphatic heterocycles. The van der Waals surface area contributed by atoms with Crippen molar-refractivity contribution in [2.75, 3.05) is 49.6 Å². The van der Waals surface area contributed by atoms with Crippen LogP contribution in [0.4, 0.5) is 20.3 Å². The van der Waals surface area contributed by atoms with Crippen molar-refractivity contribution in [3.8, 4) is 0 Å². The molecule has 1 unspecified atom stereocenters. The Kier molecular flexibility index (Phi) is 11.3. The number of likely N-dealkylation sites (tertiary alicyclic amines) is 1. The summed E-state index contributed by atoms with van der Waals surface area (Å²) in [5.41, 5.74) is 2.36. The number of fused-ring (bicyclic) bond motifs is 4. The monoisotopic (exact) mass is 869 g/mol. The van der Waals surface area contributed by atoms with Crippen LogP contribution in [-0.2, 0) is 32.5 Å². The fraction of sp³-hybridized carbons (Fsp3) is 0.568. The molecule has 5 aromatic rings. The van der Waals surface area contributed by atoms with Crippen LogP contribution in [0.25, 0.3) is 16.7 Å². The lowest BCUT2D eigenvalue weighted by Crippen LogP contribution is -2.44. The van der Waals surface area contributed by atoms with Gasteiger partial charge in [0.25, 0.3) is 12.3 Å². The number of imidazole rings is 1. The normalized spacial score (nSPS) is 24.6. The topological polar surface area (TPSA) is 175 Å². The van der Waals surface area contributed by atoms with Crippen LogP contribution in [0.2, 0.25) is 0 Å². The lowest BCUT2D eigenvalue weighted by molar-refractivity contribution is -0.135. The molecule has 2 bridgehead atoms. The lowest BCUT2D eigenvalue weighted by atomic mass is 9.85. The third-order valence-electron chi connectivity index (χ3n) is 13.9. The number of amides is 3. The average molecular weight is 870 g/mol. The third-order valence-corrected chi connectivity index (χ3v) is 13.9. The van der Waals surface area contributed by atoms with E-state index in [1.54, 1.807) is 28.7 Å². The van der Waals surface area contributed by atoms with Gasteiger partial charge in [-0.3, -0.25) is 33.5 Å². The Labute approximate surface area is 361 Å². The summed E-state index contributed by atoms with van der Waals surface area (Å²) in [5.74, 6) is -0.0844.